The number of anilines is 1. The number of nitrogens with one attached hydrogen (secondary N) is 3. The first-order valence-corrected chi connectivity index (χ1v) is 9.21. The van der Waals surface area contributed by atoms with Gasteiger partial charge in [0.15, 0.2) is 0 Å². The number of hydrogen-bond donors (Lipinski definition) is 3. The van der Waals surface area contributed by atoms with Crippen LogP contribution < -0.4 is 16.0 Å². The smallest absolute Gasteiger partial charge is 0.261 e. The van der Waals surface area contributed by atoms with Crippen LogP contribution in [0.5, 0.6) is 0 Å². The van der Waals surface area contributed by atoms with E-state index in [2.05, 4.69) is 16.0 Å². The van der Waals surface area contributed by atoms with Gasteiger partial charge in [-0.3, -0.25) is 14.4 Å². The number of benzene rings is 1. The van der Waals surface area contributed by atoms with E-state index in [0.29, 0.717) is 10.6 Å². The molecule has 0 atom stereocenters. The lowest BCUT2D eigenvalue weighted by atomic mass is 10.3. The van der Waals surface area contributed by atoms with Gasteiger partial charge in [0.2, 0.25) is 11.8 Å². The molecule has 0 aliphatic carbocycles. The fourth-order valence-corrected chi connectivity index (χ4v) is 2.90. The summed E-state index contributed by atoms with van der Waals surface area (Å²) >= 11 is 2.87. The van der Waals surface area contributed by atoms with Gasteiger partial charge in [-0.15, -0.1) is 23.1 Å². The van der Waals surface area contributed by atoms with Crippen LogP contribution in [0.4, 0.5) is 5.69 Å². The van der Waals surface area contributed by atoms with Gasteiger partial charge in [0.05, 0.1) is 18.0 Å². The van der Waals surface area contributed by atoms with Gasteiger partial charge in [0.25, 0.3) is 5.91 Å². The lowest BCUT2D eigenvalue weighted by Crippen LogP contribution is -2.40. The average molecular weight is 363 g/mol. The summed E-state index contributed by atoms with van der Waals surface area (Å²) in [6.07, 6.45) is 1.95. The number of amides is 3. The molecule has 0 aliphatic rings. The molecule has 126 valence electrons. The lowest BCUT2D eigenvalue weighted by Gasteiger charge is -2.08. The number of thiophene rings is 1. The van der Waals surface area contributed by atoms with Crippen LogP contribution in [0.2, 0.25) is 0 Å². The van der Waals surface area contributed by atoms with Crippen molar-refractivity contribution in [1.29, 1.82) is 0 Å². The van der Waals surface area contributed by atoms with E-state index in [-0.39, 0.29) is 24.9 Å². The molecule has 0 saturated carbocycles. The molecule has 2 aromatic rings. The highest BCUT2D eigenvalue weighted by atomic mass is 32.2. The topological polar surface area (TPSA) is 87.3 Å². The van der Waals surface area contributed by atoms with Crippen LogP contribution in [0.1, 0.15) is 9.67 Å². The minimum absolute atomic E-state index is 0.156. The molecular weight excluding hydrogens is 346 g/mol. The Balaban J connectivity index is 1.71. The van der Waals surface area contributed by atoms with E-state index in [1.165, 1.54) is 11.3 Å². The molecule has 2 rings (SSSR count). The van der Waals surface area contributed by atoms with Crippen molar-refractivity contribution in [1.82, 2.24) is 10.6 Å². The van der Waals surface area contributed by atoms with E-state index >= 15 is 0 Å². The molecule has 1 aromatic heterocycles. The van der Waals surface area contributed by atoms with Gasteiger partial charge in [-0.25, -0.2) is 0 Å². The fraction of sp³-hybridized carbons (Fsp3) is 0.188. The SMILES string of the molecule is CSc1cccc(NC(=O)CNC(=O)CNC(=O)c2cccs2)c1. The normalized spacial score (nSPS) is 10.0. The summed E-state index contributed by atoms with van der Waals surface area (Å²) < 4.78 is 0. The monoisotopic (exact) mass is 363 g/mol. The van der Waals surface area contributed by atoms with Gasteiger partial charge >= 0.3 is 0 Å². The fourth-order valence-electron chi connectivity index (χ4n) is 1.80. The quantitative estimate of drug-likeness (QED) is 0.656. The zero-order chi connectivity index (χ0) is 17.4. The van der Waals surface area contributed by atoms with Crippen LogP contribution in [0.3, 0.4) is 0 Å². The molecular formula is C16H17N3O3S2. The third-order valence-corrected chi connectivity index (χ3v) is 4.55. The van der Waals surface area contributed by atoms with Crippen LogP contribution in [0.15, 0.2) is 46.7 Å². The van der Waals surface area contributed by atoms with Crippen molar-refractivity contribution >= 4 is 46.5 Å². The van der Waals surface area contributed by atoms with Crippen molar-refractivity contribution in [2.24, 2.45) is 0 Å². The van der Waals surface area contributed by atoms with E-state index in [9.17, 15) is 14.4 Å². The van der Waals surface area contributed by atoms with Crippen molar-refractivity contribution < 1.29 is 14.4 Å². The van der Waals surface area contributed by atoms with Crippen molar-refractivity contribution in [2.45, 2.75) is 4.90 Å². The first-order valence-electron chi connectivity index (χ1n) is 7.11. The summed E-state index contributed by atoms with van der Waals surface area (Å²) in [6, 6.07) is 10.9. The highest BCUT2D eigenvalue weighted by Gasteiger charge is 2.10. The first kappa shape index (κ1) is 18.0. The molecule has 0 saturated heterocycles. The van der Waals surface area contributed by atoms with Crippen LogP contribution in [-0.2, 0) is 9.59 Å². The molecule has 0 aliphatic heterocycles. The second-order valence-corrected chi connectivity index (χ2v) is 6.54. The molecule has 1 heterocycles. The Hall–Kier alpha value is -2.32. The highest BCUT2D eigenvalue weighted by Crippen LogP contribution is 2.18. The van der Waals surface area contributed by atoms with Crippen LogP contribution in [0, 0.1) is 0 Å². The summed E-state index contributed by atoms with van der Waals surface area (Å²) in [5, 5.41) is 9.45. The largest absolute Gasteiger partial charge is 0.345 e. The maximum atomic E-state index is 11.8. The maximum absolute atomic E-state index is 11.8. The molecule has 0 spiro atoms. The third kappa shape index (κ3) is 5.71. The van der Waals surface area contributed by atoms with Gasteiger partial charge in [0, 0.05) is 10.6 Å². The second-order valence-electron chi connectivity index (χ2n) is 4.72. The summed E-state index contributed by atoms with van der Waals surface area (Å²) in [5.74, 6) is -1.06. The molecule has 0 unspecified atom stereocenters. The Morgan fingerprint density at radius 1 is 1.04 bits per heavy atom. The summed E-state index contributed by atoms with van der Waals surface area (Å²) in [4.78, 5) is 36.8. The second kappa shape index (κ2) is 9.09. The van der Waals surface area contributed by atoms with Crippen molar-refractivity contribution in [3.8, 4) is 0 Å². The minimum atomic E-state index is -0.423. The summed E-state index contributed by atoms with van der Waals surface area (Å²) in [6.45, 7) is -0.330. The lowest BCUT2D eigenvalue weighted by molar-refractivity contribution is -0.123. The van der Waals surface area contributed by atoms with Gasteiger partial charge in [0.1, 0.15) is 0 Å². The molecule has 0 fully saturated rings. The molecule has 0 radical (unpaired) electrons. The number of rotatable bonds is 7. The Labute approximate surface area is 148 Å². The summed E-state index contributed by atoms with van der Waals surface area (Å²) in [7, 11) is 0. The van der Waals surface area contributed by atoms with Gasteiger partial charge in [-0.05, 0) is 35.9 Å². The van der Waals surface area contributed by atoms with Crippen molar-refractivity contribution in [3.63, 3.8) is 0 Å². The van der Waals surface area contributed by atoms with E-state index in [4.69, 9.17) is 0 Å². The van der Waals surface area contributed by atoms with E-state index in [1.54, 1.807) is 35.3 Å². The van der Waals surface area contributed by atoms with Crippen molar-refractivity contribution in [3.05, 3.63) is 46.7 Å². The predicted molar refractivity (Wildman–Crippen MR) is 96.5 cm³/mol. The van der Waals surface area contributed by atoms with Crippen molar-refractivity contribution in [2.75, 3.05) is 24.7 Å². The first-order chi connectivity index (χ1) is 11.6. The highest BCUT2D eigenvalue weighted by molar-refractivity contribution is 7.98. The molecule has 8 heteroatoms. The van der Waals surface area contributed by atoms with Crippen LogP contribution in [0.25, 0.3) is 0 Å². The number of thioether (sulfide) groups is 1. The third-order valence-electron chi connectivity index (χ3n) is 2.95. The zero-order valence-electron chi connectivity index (χ0n) is 13.0. The van der Waals surface area contributed by atoms with Gasteiger partial charge in [-0.1, -0.05) is 12.1 Å². The summed E-state index contributed by atoms with van der Waals surface area (Å²) in [5.41, 5.74) is 0.673. The number of carbonyl (C=O) groups excluding carboxylic acids is 3. The van der Waals surface area contributed by atoms with Crippen LogP contribution >= 0.6 is 23.1 Å². The Morgan fingerprint density at radius 2 is 1.83 bits per heavy atom. The van der Waals surface area contributed by atoms with Crippen LogP contribution in [-0.4, -0.2) is 37.1 Å². The Kier molecular flexibility index (Phi) is 6.83. The molecule has 3 amide bonds. The molecule has 1 aromatic carbocycles. The number of carbonyl (C=O) groups is 3. The number of hydrogen-bond acceptors (Lipinski definition) is 5. The molecule has 6 nitrogen and oxygen atoms in total. The van der Waals surface area contributed by atoms with Gasteiger partial charge < -0.3 is 16.0 Å². The predicted octanol–water partition coefficient (Wildman–Crippen LogP) is 1.95. The zero-order valence-corrected chi connectivity index (χ0v) is 14.6. The Morgan fingerprint density at radius 3 is 2.54 bits per heavy atom. The molecule has 24 heavy (non-hydrogen) atoms. The molecule has 3 N–H and O–H groups in total. The van der Waals surface area contributed by atoms with E-state index in [1.807, 2.05) is 24.5 Å². The Bertz CT molecular complexity index is 717. The van der Waals surface area contributed by atoms with E-state index in [0.717, 1.165) is 4.90 Å². The standard InChI is InChI=1S/C16H17N3O3S2/c1-23-12-5-2-4-11(8-12)19-15(21)10-17-14(20)9-18-16(22)13-6-3-7-24-13/h2-8H,9-10H2,1H3,(H,17,20)(H,18,22)(H,19,21). The van der Waals surface area contributed by atoms with E-state index < -0.39 is 5.91 Å². The molecule has 0 bridgehead atoms. The van der Waals surface area contributed by atoms with Gasteiger partial charge in [-0.2, -0.15) is 0 Å². The minimum Gasteiger partial charge on any atom is -0.345 e. The maximum Gasteiger partial charge on any atom is 0.261 e. The average Bonchev–Trinajstić information content (AvgIpc) is 3.12.